The Kier molecular flexibility index (Phi) is 5.19. The predicted molar refractivity (Wildman–Crippen MR) is 54.6 cm³/mol. The third kappa shape index (κ3) is 5.00. The van der Waals surface area contributed by atoms with Crippen LogP contribution in [0.2, 0.25) is 0 Å². The summed E-state index contributed by atoms with van der Waals surface area (Å²) in [5.74, 6) is 0.478. The zero-order valence-corrected chi connectivity index (χ0v) is 9.61. The van der Waals surface area contributed by atoms with E-state index in [-0.39, 0.29) is 11.2 Å². The molecule has 0 saturated heterocycles. The molecule has 0 saturated carbocycles. The number of hydrogen-bond acceptors (Lipinski definition) is 1. The Balaban J connectivity index is 3.92. The molecule has 0 N–H and O–H groups in total. The van der Waals surface area contributed by atoms with Crippen LogP contribution in [0.25, 0.3) is 0 Å². The molecule has 0 aromatic carbocycles. The molecule has 1 unspecified atom stereocenters. The molecule has 0 heterocycles. The van der Waals surface area contributed by atoms with Crippen LogP contribution in [0.15, 0.2) is 0 Å². The van der Waals surface area contributed by atoms with Crippen LogP contribution in [-0.4, -0.2) is 11.2 Å². The lowest BCUT2D eigenvalue weighted by Gasteiger charge is -2.28. The largest absolute Gasteiger partial charge is 0.357 e. The SMILES string of the molecule is CCC(CC)C(Cl)OC(C)(C)C. The third-order valence-electron chi connectivity index (χ3n) is 1.89. The van der Waals surface area contributed by atoms with Gasteiger partial charge in [-0.05, 0) is 39.5 Å². The molecular weight excluding hydrogens is 172 g/mol. The molecule has 0 radical (unpaired) electrons. The lowest BCUT2D eigenvalue weighted by molar-refractivity contribution is -0.0464. The molecule has 0 aliphatic rings. The summed E-state index contributed by atoms with van der Waals surface area (Å²) < 4.78 is 5.65. The lowest BCUT2D eigenvalue weighted by Crippen LogP contribution is -2.28. The Labute approximate surface area is 81.4 Å². The predicted octanol–water partition coefficient (Wildman–Crippen LogP) is 3.80. The molecule has 0 amide bonds. The van der Waals surface area contributed by atoms with E-state index in [9.17, 15) is 0 Å². The van der Waals surface area contributed by atoms with Crippen molar-refractivity contribution < 1.29 is 4.74 Å². The van der Waals surface area contributed by atoms with E-state index in [1.165, 1.54) is 0 Å². The van der Waals surface area contributed by atoms with Gasteiger partial charge >= 0.3 is 0 Å². The molecule has 0 aliphatic carbocycles. The van der Waals surface area contributed by atoms with Crippen LogP contribution in [0.5, 0.6) is 0 Å². The molecule has 0 aromatic rings. The van der Waals surface area contributed by atoms with Crippen molar-refractivity contribution in [3.05, 3.63) is 0 Å². The summed E-state index contributed by atoms with van der Waals surface area (Å²) in [4.78, 5) is 0. The molecule has 1 nitrogen and oxygen atoms in total. The lowest BCUT2D eigenvalue weighted by atomic mass is 10.0. The van der Waals surface area contributed by atoms with Gasteiger partial charge in [0.2, 0.25) is 0 Å². The van der Waals surface area contributed by atoms with Crippen molar-refractivity contribution in [1.29, 1.82) is 0 Å². The van der Waals surface area contributed by atoms with E-state index in [4.69, 9.17) is 16.3 Å². The van der Waals surface area contributed by atoms with E-state index in [1.807, 2.05) is 20.8 Å². The molecule has 0 rings (SSSR count). The fourth-order valence-corrected chi connectivity index (χ4v) is 1.72. The van der Waals surface area contributed by atoms with E-state index in [2.05, 4.69) is 13.8 Å². The summed E-state index contributed by atoms with van der Waals surface area (Å²) in [6.45, 7) is 10.4. The zero-order chi connectivity index (χ0) is 9.78. The highest BCUT2D eigenvalue weighted by atomic mass is 35.5. The topological polar surface area (TPSA) is 9.23 Å². The van der Waals surface area contributed by atoms with Crippen molar-refractivity contribution in [2.45, 2.75) is 58.6 Å². The van der Waals surface area contributed by atoms with Crippen molar-refractivity contribution >= 4 is 11.6 Å². The van der Waals surface area contributed by atoms with Crippen LogP contribution in [0.3, 0.4) is 0 Å². The smallest absolute Gasteiger partial charge is 0.134 e. The maximum absolute atomic E-state index is 6.11. The molecule has 0 fully saturated rings. The first-order chi connectivity index (χ1) is 5.40. The number of rotatable bonds is 4. The molecule has 1 atom stereocenters. The quantitative estimate of drug-likeness (QED) is 0.616. The molecule has 2 heteroatoms. The molecule has 74 valence electrons. The van der Waals surface area contributed by atoms with Crippen LogP contribution in [0.4, 0.5) is 0 Å². The van der Waals surface area contributed by atoms with Gasteiger partial charge in [0.25, 0.3) is 0 Å². The number of hydrogen-bond donors (Lipinski definition) is 0. The highest BCUT2D eigenvalue weighted by Gasteiger charge is 2.22. The summed E-state index contributed by atoms with van der Waals surface area (Å²) in [5, 5.41) is 0. The first-order valence-corrected chi connectivity index (χ1v) is 5.16. The van der Waals surface area contributed by atoms with Crippen LogP contribution >= 0.6 is 11.6 Å². The van der Waals surface area contributed by atoms with Gasteiger partial charge in [0, 0.05) is 0 Å². The summed E-state index contributed by atoms with van der Waals surface area (Å²) >= 11 is 6.11. The van der Waals surface area contributed by atoms with E-state index >= 15 is 0 Å². The first-order valence-electron chi connectivity index (χ1n) is 4.72. The standard InChI is InChI=1S/C10H21ClO/c1-6-8(7-2)9(11)12-10(3,4)5/h8-9H,6-7H2,1-5H3. The van der Waals surface area contributed by atoms with E-state index in [0.29, 0.717) is 5.92 Å². The minimum absolute atomic E-state index is 0.130. The molecule has 0 bridgehead atoms. The second-order valence-electron chi connectivity index (χ2n) is 4.16. The molecule has 0 aromatic heterocycles. The zero-order valence-electron chi connectivity index (χ0n) is 8.86. The maximum Gasteiger partial charge on any atom is 0.134 e. The average Bonchev–Trinajstić information content (AvgIpc) is 1.85. The van der Waals surface area contributed by atoms with Crippen LogP contribution < -0.4 is 0 Å². The van der Waals surface area contributed by atoms with Crippen molar-refractivity contribution in [3.8, 4) is 0 Å². The molecule has 0 spiro atoms. The van der Waals surface area contributed by atoms with Gasteiger partial charge in [-0.1, -0.05) is 25.4 Å². The molecular formula is C10H21ClO. The van der Waals surface area contributed by atoms with Crippen molar-refractivity contribution in [1.82, 2.24) is 0 Å². The number of alkyl halides is 1. The second kappa shape index (κ2) is 5.08. The van der Waals surface area contributed by atoms with Crippen LogP contribution in [0.1, 0.15) is 47.5 Å². The monoisotopic (exact) mass is 192 g/mol. The Bertz CT molecular complexity index is 113. The third-order valence-corrected chi connectivity index (χ3v) is 2.33. The second-order valence-corrected chi connectivity index (χ2v) is 4.59. The average molecular weight is 193 g/mol. The van der Waals surface area contributed by atoms with Crippen LogP contribution in [-0.2, 0) is 4.74 Å². The van der Waals surface area contributed by atoms with Gasteiger partial charge in [-0.2, -0.15) is 0 Å². The fraction of sp³-hybridized carbons (Fsp3) is 1.00. The Morgan fingerprint density at radius 3 is 1.83 bits per heavy atom. The number of ether oxygens (including phenoxy) is 1. The van der Waals surface area contributed by atoms with Crippen LogP contribution in [0, 0.1) is 5.92 Å². The first kappa shape index (κ1) is 12.2. The summed E-state index contributed by atoms with van der Waals surface area (Å²) in [6.07, 6.45) is 2.17. The van der Waals surface area contributed by atoms with Crippen molar-refractivity contribution in [2.75, 3.05) is 0 Å². The molecule has 12 heavy (non-hydrogen) atoms. The fourth-order valence-electron chi connectivity index (χ4n) is 1.09. The minimum atomic E-state index is -0.139. The summed E-state index contributed by atoms with van der Waals surface area (Å²) in [6, 6.07) is 0. The molecule has 0 aliphatic heterocycles. The van der Waals surface area contributed by atoms with Gasteiger partial charge in [-0.3, -0.25) is 0 Å². The van der Waals surface area contributed by atoms with Gasteiger partial charge in [-0.15, -0.1) is 0 Å². The normalized spacial score (nSPS) is 15.2. The Hall–Kier alpha value is 0.250. The highest BCUT2D eigenvalue weighted by molar-refractivity contribution is 6.19. The van der Waals surface area contributed by atoms with E-state index < -0.39 is 0 Å². The summed E-state index contributed by atoms with van der Waals surface area (Å²) in [7, 11) is 0. The van der Waals surface area contributed by atoms with E-state index in [1.54, 1.807) is 0 Å². The van der Waals surface area contributed by atoms with Crippen molar-refractivity contribution in [3.63, 3.8) is 0 Å². The Morgan fingerprint density at radius 2 is 1.58 bits per heavy atom. The van der Waals surface area contributed by atoms with Gasteiger partial charge in [0.1, 0.15) is 5.56 Å². The minimum Gasteiger partial charge on any atom is -0.357 e. The maximum atomic E-state index is 6.11. The Morgan fingerprint density at radius 1 is 1.17 bits per heavy atom. The summed E-state index contributed by atoms with van der Waals surface area (Å²) in [5.41, 5.74) is -0.269. The van der Waals surface area contributed by atoms with Crippen molar-refractivity contribution in [2.24, 2.45) is 5.92 Å². The van der Waals surface area contributed by atoms with Gasteiger partial charge in [0.15, 0.2) is 0 Å². The highest BCUT2D eigenvalue weighted by Crippen LogP contribution is 2.24. The van der Waals surface area contributed by atoms with Gasteiger partial charge < -0.3 is 4.74 Å². The van der Waals surface area contributed by atoms with E-state index in [0.717, 1.165) is 12.8 Å². The van der Waals surface area contributed by atoms with Gasteiger partial charge in [0.05, 0.1) is 5.60 Å². The number of halogens is 1. The van der Waals surface area contributed by atoms with Gasteiger partial charge in [-0.25, -0.2) is 0 Å².